The van der Waals surface area contributed by atoms with E-state index in [1.165, 1.54) is 18.4 Å². The summed E-state index contributed by atoms with van der Waals surface area (Å²) in [6.45, 7) is 11.5. The molecule has 0 bridgehead atoms. The molecule has 1 nitrogen and oxygen atoms in total. The van der Waals surface area contributed by atoms with Crippen LogP contribution in [-0.2, 0) is 0 Å². The molecule has 2 rings (SSSR count). The third-order valence-electron chi connectivity index (χ3n) is 4.62. The van der Waals surface area contributed by atoms with Gasteiger partial charge in [-0.05, 0) is 47.8 Å². The molecule has 1 N–H and O–H groups in total. The first-order chi connectivity index (χ1) is 9.28. The van der Waals surface area contributed by atoms with Gasteiger partial charge < -0.3 is 5.32 Å². The van der Waals surface area contributed by atoms with E-state index in [1.54, 1.807) is 12.1 Å². The second-order valence-corrected chi connectivity index (χ2v) is 7.60. The molecule has 20 heavy (non-hydrogen) atoms. The molecular formula is C18H28FN. The van der Waals surface area contributed by atoms with Gasteiger partial charge in [0, 0.05) is 12.1 Å². The molecule has 3 unspecified atom stereocenters. The van der Waals surface area contributed by atoms with Crippen molar-refractivity contribution in [1.82, 2.24) is 5.32 Å². The topological polar surface area (TPSA) is 12.0 Å². The zero-order valence-electron chi connectivity index (χ0n) is 13.4. The van der Waals surface area contributed by atoms with Crippen molar-refractivity contribution in [2.45, 2.75) is 59.5 Å². The Morgan fingerprint density at radius 3 is 2.20 bits per heavy atom. The average molecular weight is 277 g/mol. The van der Waals surface area contributed by atoms with Crippen molar-refractivity contribution >= 4 is 0 Å². The number of rotatable bonds is 4. The Balaban J connectivity index is 2.12. The van der Waals surface area contributed by atoms with Crippen LogP contribution in [0.5, 0.6) is 0 Å². The lowest BCUT2D eigenvalue weighted by Gasteiger charge is -2.29. The fraction of sp³-hybridized carbons (Fsp3) is 0.667. The van der Waals surface area contributed by atoms with Gasteiger partial charge in [-0.1, -0.05) is 46.8 Å². The zero-order chi connectivity index (χ0) is 14.9. The van der Waals surface area contributed by atoms with Gasteiger partial charge in [-0.15, -0.1) is 0 Å². The van der Waals surface area contributed by atoms with Crippen LogP contribution in [0, 0.1) is 23.1 Å². The summed E-state index contributed by atoms with van der Waals surface area (Å²) in [5, 5.41) is 3.83. The van der Waals surface area contributed by atoms with Gasteiger partial charge >= 0.3 is 0 Å². The van der Waals surface area contributed by atoms with E-state index in [0.717, 1.165) is 0 Å². The van der Waals surface area contributed by atoms with Gasteiger partial charge in [0.25, 0.3) is 0 Å². The first-order valence-corrected chi connectivity index (χ1v) is 7.80. The molecule has 0 spiro atoms. The first-order valence-electron chi connectivity index (χ1n) is 7.80. The predicted octanol–water partition coefficient (Wildman–Crippen LogP) is 4.94. The number of nitrogens with one attached hydrogen (secondary N) is 1. The first kappa shape index (κ1) is 15.5. The zero-order valence-corrected chi connectivity index (χ0v) is 13.4. The van der Waals surface area contributed by atoms with E-state index < -0.39 is 0 Å². The number of hydrogen-bond acceptors (Lipinski definition) is 1. The monoisotopic (exact) mass is 277 g/mol. The highest BCUT2D eigenvalue weighted by molar-refractivity contribution is 5.21. The van der Waals surface area contributed by atoms with Gasteiger partial charge in [0.1, 0.15) is 5.82 Å². The van der Waals surface area contributed by atoms with Crippen molar-refractivity contribution in [3.8, 4) is 0 Å². The van der Waals surface area contributed by atoms with Gasteiger partial charge in [0.15, 0.2) is 0 Å². The van der Waals surface area contributed by atoms with Crippen LogP contribution in [0.15, 0.2) is 24.3 Å². The minimum Gasteiger partial charge on any atom is -0.307 e. The smallest absolute Gasteiger partial charge is 0.123 e. The second kappa shape index (κ2) is 5.85. The normalized spacial score (nSPS) is 26.9. The van der Waals surface area contributed by atoms with E-state index in [0.29, 0.717) is 29.3 Å². The van der Waals surface area contributed by atoms with Gasteiger partial charge in [-0.25, -0.2) is 4.39 Å². The summed E-state index contributed by atoms with van der Waals surface area (Å²) in [5.74, 6) is 1.04. The minimum atomic E-state index is -0.161. The molecule has 0 aromatic heterocycles. The molecule has 1 saturated carbocycles. The molecule has 0 aliphatic heterocycles. The average Bonchev–Trinajstić information content (AvgIpc) is 2.60. The highest BCUT2D eigenvalue weighted by atomic mass is 19.1. The van der Waals surface area contributed by atoms with Crippen molar-refractivity contribution in [3.63, 3.8) is 0 Å². The number of hydrogen-bond donors (Lipinski definition) is 1. The van der Waals surface area contributed by atoms with E-state index in [2.05, 4.69) is 39.9 Å². The maximum atomic E-state index is 13.1. The maximum Gasteiger partial charge on any atom is 0.123 e. The van der Waals surface area contributed by atoms with Crippen molar-refractivity contribution < 1.29 is 4.39 Å². The largest absolute Gasteiger partial charge is 0.307 e. The van der Waals surface area contributed by atoms with Gasteiger partial charge in [0.2, 0.25) is 0 Å². The van der Waals surface area contributed by atoms with Crippen LogP contribution in [-0.4, -0.2) is 6.04 Å². The third kappa shape index (κ3) is 3.60. The fourth-order valence-corrected chi connectivity index (χ4v) is 3.69. The molecule has 2 heteroatoms. The molecule has 0 amide bonds. The van der Waals surface area contributed by atoms with Crippen molar-refractivity contribution in [2.24, 2.45) is 17.3 Å². The van der Waals surface area contributed by atoms with Crippen molar-refractivity contribution in [1.29, 1.82) is 0 Å². The highest BCUT2D eigenvalue weighted by Crippen LogP contribution is 2.42. The summed E-state index contributed by atoms with van der Waals surface area (Å²) in [7, 11) is 0. The lowest BCUT2D eigenvalue weighted by Crippen LogP contribution is -2.37. The van der Waals surface area contributed by atoms with E-state index in [4.69, 9.17) is 0 Å². The van der Waals surface area contributed by atoms with Crippen LogP contribution in [0.1, 0.15) is 59.1 Å². The molecule has 112 valence electrons. The van der Waals surface area contributed by atoms with Crippen LogP contribution in [0.25, 0.3) is 0 Å². The Labute approximate surface area is 123 Å². The van der Waals surface area contributed by atoms with Crippen molar-refractivity contribution in [3.05, 3.63) is 35.6 Å². The molecule has 0 heterocycles. The third-order valence-corrected chi connectivity index (χ3v) is 4.62. The van der Waals surface area contributed by atoms with E-state index >= 15 is 0 Å². The van der Waals surface area contributed by atoms with E-state index in [1.807, 2.05) is 12.1 Å². The highest BCUT2D eigenvalue weighted by Gasteiger charge is 2.37. The quantitative estimate of drug-likeness (QED) is 0.822. The Hall–Kier alpha value is -0.890. The van der Waals surface area contributed by atoms with Crippen LogP contribution in [0.4, 0.5) is 4.39 Å². The summed E-state index contributed by atoms with van der Waals surface area (Å²) < 4.78 is 13.1. The van der Waals surface area contributed by atoms with E-state index in [-0.39, 0.29) is 5.82 Å². The SMILES string of the molecule is CC(C)C(NC1CC(C)(C)CC1C)c1ccc(F)cc1. The fourth-order valence-electron chi connectivity index (χ4n) is 3.69. The summed E-state index contributed by atoms with van der Waals surface area (Å²) in [6.07, 6.45) is 2.50. The summed E-state index contributed by atoms with van der Waals surface area (Å²) in [4.78, 5) is 0. The van der Waals surface area contributed by atoms with Crippen LogP contribution in [0.3, 0.4) is 0 Å². The molecule has 1 fully saturated rings. The molecule has 3 atom stereocenters. The second-order valence-electron chi connectivity index (χ2n) is 7.60. The van der Waals surface area contributed by atoms with Gasteiger partial charge in [0.05, 0.1) is 0 Å². The summed E-state index contributed by atoms with van der Waals surface area (Å²) >= 11 is 0. The van der Waals surface area contributed by atoms with Crippen LogP contribution >= 0.6 is 0 Å². The lowest BCUT2D eigenvalue weighted by molar-refractivity contribution is 0.315. The molecular weight excluding hydrogens is 249 g/mol. The summed E-state index contributed by atoms with van der Waals surface area (Å²) in [6, 6.07) is 7.82. The summed E-state index contributed by atoms with van der Waals surface area (Å²) in [5.41, 5.74) is 1.62. The van der Waals surface area contributed by atoms with Crippen LogP contribution < -0.4 is 5.32 Å². The Morgan fingerprint density at radius 1 is 1.15 bits per heavy atom. The molecule has 0 saturated heterocycles. The Morgan fingerprint density at radius 2 is 1.75 bits per heavy atom. The molecule has 1 aromatic rings. The standard InChI is InChI=1S/C18H28FN/c1-12(2)17(14-6-8-15(19)9-7-14)20-16-11-18(4,5)10-13(16)3/h6-9,12-13,16-17,20H,10-11H2,1-5H3. The van der Waals surface area contributed by atoms with Gasteiger partial charge in [-0.3, -0.25) is 0 Å². The predicted molar refractivity (Wildman–Crippen MR) is 83.1 cm³/mol. The van der Waals surface area contributed by atoms with Crippen molar-refractivity contribution in [2.75, 3.05) is 0 Å². The molecule has 0 radical (unpaired) electrons. The lowest BCUT2D eigenvalue weighted by atomic mass is 9.90. The van der Waals surface area contributed by atoms with Gasteiger partial charge in [-0.2, -0.15) is 0 Å². The molecule has 1 aliphatic rings. The number of halogens is 1. The minimum absolute atomic E-state index is 0.161. The Bertz CT molecular complexity index is 435. The Kier molecular flexibility index (Phi) is 4.53. The molecule has 1 aromatic carbocycles. The molecule has 1 aliphatic carbocycles. The number of benzene rings is 1. The van der Waals surface area contributed by atoms with E-state index in [9.17, 15) is 4.39 Å². The van der Waals surface area contributed by atoms with Crippen LogP contribution in [0.2, 0.25) is 0 Å². The maximum absolute atomic E-state index is 13.1.